The van der Waals surface area contributed by atoms with Crippen molar-refractivity contribution in [1.29, 1.82) is 0 Å². The van der Waals surface area contributed by atoms with E-state index in [-0.39, 0.29) is 40.5 Å². The quantitative estimate of drug-likeness (QED) is 0.372. The van der Waals surface area contributed by atoms with Crippen molar-refractivity contribution in [3.8, 4) is 11.3 Å². The highest BCUT2D eigenvalue weighted by Gasteiger charge is 2.76. The summed E-state index contributed by atoms with van der Waals surface area (Å²) >= 11 is 0. The largest absolute Gasteiger partial charge is 0.355 e. The average Bonchev–Trinajstić information content (AvgIpc) is 3.55. The summed E-state index contributed by atoms with van der Waals surface area (Å²) in [6, 6.07) is 16.2. The first-order valence-corrected chi connectivity index (χ1v) is 14.8. The predicted octanol–water partition coefficient (Wildman–Crippen LogP) is 6.23. The van der Waals surface area contributed by atoms with Gasteiger partial charge < -0.3 is 15.6 Å². The van der Waals surface area contributed by atoms with Crippen LogP contribution in [0.5, 0.6) is 0 Å². The number of hydrogen-bond donors (Lipinski definition) is 3. The monoisotopic (exact) mass is 521 g/mol. The number of hydrogen-bond acceptors (Lipinski definition) is 3. The Labute approximate surface area is 228 Å². The molecule has 5 unspecified atom stereocenters. The van der Waals surface area contributed by atoms with Crippen molar-refractivity contribution in [3.05, 3.63) is 54.1 Å². The van der Waals surface area contributed by atoms with Crippen LogP contribution in [0, 0.1) is 28.6 Å². The Morgan fingerprint density at radius 3 is 2.54 bits per heavy atom. The number of nitrogens with one attached hydrogen (secondary N) is 3. The van der Waals surface area contributed by atoms with Crippen molar-refractivity contribution in [2.75, 3.05) is 5.32 Å². The van der Waals surface area contributed by atoms with Gasteiger partial charge in [-0.15, -0.1) is 0 Å². The number of anilines is 1. The van der Waals surface area contributed by atoms with Gasteiger partial charge in [0.15, 0.2) is 0 Å². The van der Waals surface area contributed by atoms with Gasteiger partial charge in [0.2, 0.25) is 5.91 Å². The number of fused-ring (bicyclic) bond motifs is 3. The van der Waals surface area contributed by atoms with Crippen LogP contribution in [0.4, 0.5) is 5.69 Å². The molecule has 3 bridgehead atoms. The molecule has 3 aromatic rings. The SMILES string of the molecule is O=C(NC1CCCCC1)c1ccc2cc(-c3ccc(NC(=O)C45CC6CC7C(=O)C(C4)C7(C6)C5)cc3)[nH]c2c1. The van der Waals surface area contributed by atoms with Crippen molar-refractivity contribution in [1.82, 2.24) is 10.3 Å². The van der Waals surface area contributed by atoms with Gasteiger partial charge in [-0.3, -0.25) is 14.4 Å². The van der Waals surface area contributed by atoms with Gasteiger partial charge in [-0.05, 0) is 92.2 Å². The summed E-state index contributed by atoms with van der Waals surface area (Å²) in [6.07, 6.45) is 10.5. The highest BCUT2D eigenvalue weighted by Crippen LogP contribution is 2.77. The zero-order chi connectivity index (χ0) is 26.4. The van der Waals surface area contributed by atoms with E-state index in [1.807, 2.05) is 42.5 Å². The fourth-order valence-corrected chi connectivity index (χ4v) is 9.33. The average molecular weight is 522 g/mol. The fraction of sp³-hybridized carbons (Fsp3) is 0.485. The van der Waals surface area contributed by atoms with Crippen molar-refractivity contribution in [2.24, 2.45) is 28.6 Å². The molecule has 0 saturated heterocycles. The summed E-state index contributed by atoms with van der Waals surface area (Å²) in [6.45, 7) is 0. The number of benzene rings is 2. The van der Waals surface area contributed by atoms with Crippen molar-refractivity contribution in [3.63, 3.8) is 0 Å². The molecule has 5 aliphatic rings. The highest BCUT2D eigenvalue weighted by molar-refractivity contribution is 6.01. The Kier molecular flexibility index (Phi) is 4.99. The van der Waals surface area contributed by atoms with Gasteiger partial charge in [0, 0.05) is 45.7 Å². The summed E-state index contributed by atoms with van der Waals surface area (Å²) in [4.78, 5) is 42.5. The number of H-pyrrole nitrogens is 1. The summed E-state index contributed by atoms with van der Waals surface area (Å²) in [5, 5.41) is 7.47. The number of Topliss-reactive ketones (excluding diaryl/α,β-unsaturated/α-hetero) is 1. The van der Waals surface area contributed by atoms with E-state index >= 15 is 0 Å². The van der Waals surface area contributed by atoms with Crippen LogP contribution in [-0.4, -0.2) is 28.6 Å². The smallest absolute Gasteiger partial charge is 0.251 e. The number of carbonyl (C=O) groups excluding carboxylic acids is 3. The lowest BCUT2D eigenvalue weighted by molar-refractivity contribution is -0.149. The molecule has 5 saturated carbocycles. The Hall–Kier alpha value is -3.41. The maximum absolute atomic E-state index is 13.6. The molecule has 39 heavy (non-hydrogen) atoms. The van der Waals surface area contributed by atoms with Crippen LogP contribution in [0.1, 0.15) is 74.6 Å². The maximum atomic E-state index is 13.6. The molecule has 6 nitrogen and oxygen atoms in total. The highest BCUT2D eigenvalue weighted by atomic mass is 16.2. The van der Waals surface area contributed by atoms with E-state index in [1.165, 1.54) is 19.3 Å². The van der Waals surface area contributed by atoms with Gasteiger partial charge in [0.1, 0.15) is 5.78 Å². The Morgan fingerprint density at radius 1 is 0.897 bits per heavy atom. The van der Waals surface area contributed by atoms with Crippen LogP contribution in [0.2, 0.25) is 0 Å². The van der Waals surface area contributed by atoms with Crippen molar-refractivity contribution in [2.45, 2.75) is 70.3 Å². The van der Waals surface area contributed by atoms with Crippen LogP contribution in [-0.2, 0) is 9.59 Å². The first-order chi connectivity index (χ1) is 18.9. The molecule has 6 heteroatoms. The molecule has 1 aromatic heterocycles. The number of amides is 2. The minimum absolute atomic E-state index is 0.000222. The molecule has 2 aromatic carbocycles. The summed E-state index contributed by atoms with van der Waals surface area (Å²) in [5.41, 5.74) is 4.20. The van der Waals surface area contributed by atoms with E-state index in [1.54, 1.807) is 0 Å². The summed E-state index contributed by atoms with van der Waals surface area (Å²) in [5.74, 6) is 1.44. The molecule has 5 aliphatic carbocycles. The molecule has 8 rings (SSSR count). The Bertz CT molecular complexity index is 1520. The van der Waals surface area contributed by atoms with Gasteiger partial charge in [-0.25, -0.2) is 0 Å². The first-order valence-electron chi connectivity index (χ1n) is 14.8. The molecular formula is C33H35N3O3. The molecule has 2 amide bonds. The lowest BCUT2D eigenvalue weighted by atomic mass is 9.54. The van der Waals surface area contributed by atoms with Crippen molar-refractivity contribution >= 4 is 34.2 Å². The zero-order valence-electron chi connectivity index (χ0n) is 22.2. The molecule has 1 heterocycles. The minimum Gasteiger partial charge on any atom is -0.355 e. The molecule has 3 N–H and O–H groups in total. The van der Waals surface area contributed by atoms with E-state index < -0.39 is 0 Å². The maximum Gasteiger partial charge on any atom is 0.251 e. The summed E-state index contributed by atoms with van der Waals surface area (Å²) in [7, 11) is 0. The standard InChI is InChI=1S/C33H35N3O3/c37-29-25-12-19-15-32(17-26(29)33(25,16-19)18-32)31(39)35-24-10-8-20(9-11-24)27-13-21-6-7-22(14-28(21)36-27)30(38)34-23-4-2-1-3-5-23/h6-11,13-14,19,23,25-26,36H,1-5,12,15-18H2,(H,34,38)(H,35,39). The molecule has 1 spiro atoms. The van der Waals surface area contributed by atoms with E-state index in [4.69, 9.17) is 0 Å². The number of aromatic nitrogens is 1. The van der Waals surface area contributed by atoms with E-state index in [9.17, 15) is 14.4 Å². The van der Waals surface area contributed by atoms with Crippen molar-refractivity contribution < 1.29 is 14.4 Å². The second-order valence-electron chi connectivity index (χ2n) is 13.2. The van der Waals surface area contributed by atoms with Crippen LogP contribution in [0.3, 0.4) is 0 Å². The lowest BCUT2D eigenvalue weighted by Crippen LogP contribution is -2.51. The van der Waals surface area contributed by atoms with E-state index in [0.29, 0.717) is 17.3 Å². The molecular weight excluding hydrogens is 486 g/mol. The van der Waals surface area contributed by atoms with Gasteiger partial charge in [-0.2, -0.15) is 0 Å². The Morgan fingerprint density at radius 2 is 1.72 bits per heavy atom. The molecule has 0 radical (unpaired) electrons. The third-order valence-corrected chi connectivity index (χ3v) is 11.0. The topological polar surface area (TPSA) is 91.1 Å². The van der Waals surface area contributed by atoms with Crippen LogP contribution >= 0.6 is 0 Å². The van der Waals surface area contributed by atoms with Crippen LogP contribution in [0.15, 0.2) is 48.5 Å². The number of ketones is 1. The van der Waals surface area contributed by atoms with Crippen LogP contribution in [0.25, 0.3) is 22.2 Å². The Balaban J connectivity index is 0.969. The number of carbonyl (C=O) groups is 3. The molecule has 5 atom stereocenters. The molecule has 5 fully saturated rings. The number of aromatic amines is 1. The second-order valence-corrected chi connectivity index (χ2v) is 13.2. The third kappa shape index (κ3) is 3.49. The zero-order valence-corrected chi connectivity index (χ0v) is 22.2. The fourth-order valence-electron chi connectivity index (χ4n) is 9.33. The van der Waals surface area contributed by atoms with Gasteiger partial charge in [0.05, 0.1) is 5.41 Å². The minimum atomic E-state index is -0.370. The van der Waals surface area contributed by atoms with E-state index in [0.717, 1.165) is 72.8 Å². The van der Waals surface area contributed by atoms with Gasteiger partial charge in [-0.1, -0.05) is 37.5 Å². The normalized spacial score (nSPS) is 32.7. The van der Waals surface area contributed by atoms with E-state index in [2.05, 4.69) is 21.7 Å². The summed E-state index contributed by atoms with van der Waals surface area (Å²) < 4.78 is 0. The van der Waals surface area contributed by atoms with Gasteiger partial charge >= 0.3 is 0 Å². The lowest BCUT2D eigenvalue weighted by Gasteiger charge is -2.47. The number of rotatable bonds is 5. The van der Waals surface area contributed by atoms with Crippen LogP contribution < -0.4 is 10.6 Å². The van der Waals surface area contributed by atoms with Gasteiger partial charge in [0.25, 0.3) is 5.91 Å². The predicted molar refractivity (Wildman–Crippen MR) is 150 cm³/mol. The molecule has 0 aliphatic heterocycles. The second kappa shape index (κ2) is 8.30. The third-order valence-electron chi connectivity index (χ3n) is 11.0. The first kappa shape index (κ1) is 23.5. The molecule has 200 valence electrons.